The summed E-state index contributed by atoms with van der Waals surface area (Å²) in [5, 5.41) is 13.0. The Hall–Kier alpha value is -2.40. The van der Waals surface area contributed by atoms with Gasteiger partial charge in [0.15, 0.2) is 0 Å². The van der Waals surface area contributed by atoms with Crippen molar-refractivity contribution >= 4 is 27.6 Å². The fourth-order valence-electron chi connectivity index (χ4n) is 2.42. The number of nitro groups is 1. The van der Waals surface area contributed by atoms with E-state index in [4.69, 9.17) is 9.15 Å². The molecule has 2 aromatic carbocycles. The van der Waals surface area contributed by atoms with Crippen LogP contribution in [0, 0.1) is 10.1 Å². The maximum absolute atomic E-state index is 11.1. The van der Waals surface area contributed by atoms with Gasteiger partial charge in [0.25, 0.3) is 5.69 Å². The fraction of sp³-hybridized carbons (Fsp3) is 0.143. The lowest BCUT2D eigenvalue weighted by Gasteiger charge is -1.99. The highest BCUT2D eigenvalue weighted by atomic mass is 16.6. The van der Waals surface area contributed by atoms with Crippen molar-refractivity contribution in [2.24, 2.45) is 0 Å². The van der Waals surface area contributed by atoms with Crippen molar-refractivity contribution in [1.29, 1.82) is 0 Å². The molecule has 1 atom stereocenters. The normalized spacial score (nSPS) is 18.0. The minimum absolute atomic E-state index is 0.0639. The number of epoxide rings is 1. The van der Waals surface area contributed by atoms with E-state index in [0.717, 1.165) is 16.4 Å². The van der Waals surface area contributed by atoms with E-state index in [1.165, 1.54) is 6.07 Å². The topological polar surface area (TPSA) is 68.8 Å². The molecule has 1 aromatic heterocycles. The van der Waals surface area contributed by atoms with Gasteiger partial charge in [-0.3, -0.25) is 10.1 Å². The van der Waals surface area contributed by atoms with Crippen LogP contribution in [0.1, 0.15) is 11.7 Å². The molecule has 1 unspecified atom stereocenters. The van der Waals surface area contributed by atoms with E-state index in [-0.39, 0.29) is 16.7 Å². The number of rotatable bonds is 2. The Morgan fingerprint density at radius 1 is 1.16 bits per heavy atom. The number of ether oxygens (including phenoxy) is 1. The number of hydrogen-bond acceptors (Lipinski definition) is 4. The van der Waals surface area contributed by atoms with Crippen molar-refractivity contribution in [3.05, 3.63) is 52.1 Å². The standard InChI is InChI=1S/C14H9NO4/c16-15(17)11-6-13-9(5-10(11)14-7-18-14)8-3-1-2-4-12(8)19-13/h1-6,14H,7H2. The fourth-order valence-corrected chi connectivity index (χ4v) is 2.42. The zero-order valence-electron chi connectivity index (χ0n) is 9.83. The van der Waals surface area contributed by atoms with Gasteiger partial charge < -0.3 is 9.15 Å². The number of para-hydroxylation sites is 1. The van der Waals surface area contributed by atoms with Crippen LogP contribution in [0.5, 0.6) is 0 Å². The number of fused-ring (bicyclic) bond motifs is 3. The molecule has 4 rings (SSSR count). The van der Waals surface area contributed by atoms with E-state index in [1.807, 2.05) is 30.3 Å². The van der Waals surface area contributed by atoms with Crippen LogP contribution in [0.2, 0.25) is 0 Å². The monoisotopic (exact) mass is 255 g/mol. The van der Waals surface area contributed by atoms with Crippen LogP contribution >= 0.6 is 0 Å². The molecule has 0 radical (unpaired) electrons. The number of nitrogens with zero attached hydrogens (tertiary/aromatic N) is 1. The predicted molar refractivity (Wildman–Crippen MR) is 69.1 cm³/mol. The molecule has 1 aliphatic rings. The van der Waals surface area contributed by atoms with Crippen molar-refractivity contribution in [1.82, 2.24) is 0 Å². The molecule has 1 fully saturated rings. The van der Waals surface area contributed by atoms with Gasteiger partial charge in [0.2, 0.25) is 0 Å². The summed E-state index contributed by atoms with van der Waals surface area (Å²) in [6.07, 6.45) is -0.154. The maximum atomic E-state index is 11.1. The lowest BCUT2D eigenvalue weighted by Crippen LogP contribution is -1.94. The van der Waals surface area contributed by atoms with Gasteiger partial charge in [0.1, 0.15) is 17.3 Å². The molecular weight excluding hydrogens is 246 g/mol. The highest BCUT2D eigenvalue weighted by molar-refractivity contribution is 6.05. The van der Waals surface area contributed by atoms with Crippen LogP contribution in [-0.2, 0) is 4.74 Å². The van der Waals surface area contributed by atoms with Crippen molar-refractivity contribution < 1.29 is 14.1 Å². The van der Waals surface area contributed by atoms with Crippen LogP contribution in [0.15, 0.2) is 40.8 Å². The molecule has 2 heterocycles. The van der Waals surface area contributed by atoms with Crippen LogP contribution in [-0.4, -0.2) is 11.5 Å². The molecule has 0 aliphatic carbocycles. The molecule has 5 nitrogen and oxygen atoms in total. The first-order valence-corrected chi connectivity index (χ1v) is 5.95. The number of nitro benzene ring substituents is 1. The van der Waals surface area contributed by atoms with Gasteiger partial charge in [-0.25, -0.2) is 0 Å². The summed E-state index contributed by atoms with van der Waals surface area (Å²) in [6.45, 7) is 0.544. The largest absolute Gasteiger partial charge is 0.456 e. The Kier molecular flexibility index (Phi) is 1.97. The average Bonchev–Trinajstić information content (AvgIpc) is 3.18. The molecule has 0 spiro atoms. The van der Waals surface area contributed by atoms with Crippen LogP contribution in [0.25, 0.3) is 21.9 Å². The molecule has 94 valence electrons. The Bertz CT molecular complexity index is 817. The molecular formula is C14H9NO4. The summed E-state index contributed by atoms with van der Waals surface area (Å²) in [5.74, 6) is 0. The zero-order valence-corrected chi connectivity index (χ0v) is 9.83. The Labute approximate surface area is 107 Å². The lowest BCUT2D eigenvalue weighted by molar-refractivity contribution is -0.385. The van der Waals surface area contributed by atoms with Gasteiger partial charge in [-0.05, 0) is 12.1 Å². The predicted octanol–water partition coefficient (Wildman–Crippen LogP) is 3.57. The molecule has 5 heteroatoms. The highest BCUT2D eigenvalue weighted by Crippen LogP contribution is 2.40. The summed E-state index contributed by atoms with van der Waals surface area (Å²) in [6, 6.07) is 10.9. The molecule has 1 aliphatic heterocycles. The van der Waals surface area contributed by atoms with Gasteiger partial charge in [-0.15, -0.1) is 0 Å². The Balaban J connectivity index is 2.10. The molecule has 0 N–H and O–H groups in total. The molecule has 0 amide bonds. The zero-order chi connectivity index (χ0) is 13.0. The van der Waals surface area contributed by atoms with E-state index in [9.17, 15) is 10.1 Å². The van der Waals surface area contributed by atoms with Gasteiger partial charge >= 0.3 is 0 Å². The van der Waals surface area contributed by atoms with Gasteiger partial charge in [-0.2, -0.15) is 0 Å². The first-order valence-electron chi connectivity index (χ1n) is 5.95. The SMILES string of the molecule is O=[N+]([O-])c1cc2oc3ccccc3c2cc1C1CO1. The second kappa shape index (κ2) is 3.55. The average molecular weight is 255 g/mol. The number of benzene rings is 2. The van der Waals surface area contributed by atoms with E-state index in [1.54, 1.807) is 0 Å². The van der Waals surface area contributed by atoms with Crippen molar-refractivity contribution in [3.8, 4) is 0 Å². The van der Waals surface area contributed by atoms with E-state index < -0.39 is 0 Å². The van der Waals surface area contributed by atoms with E-state index in [2.05, 4.69) is 0 Å². The molecule has 1 saturated heterocycles. The summed E-state index contributed by atoms with van der Waals surface area (Å²) in [7, 11) is 0. The van der Waals surface area contributed by atoms with Crippen molar-refractivity contribution in [2.45, 2.75) is 6.10 Å². The number of furan rings is 1. The molecule has 19 heavy (non-hydrogen) atoms. The summed E-state index contributed by atoms with van der Waals surface area (Å²) in [5.41, 5.74) is 1.97. The van der Waals surface area contributed by atoms with Crippen LogP contribution < -0.4 is 0 Å². The Morgan fingerprint density at radius 2 is 1.95 bits per heavy atom. The molecule has 3 aromatic rings. The third kappa shape index (κ3) is 1.52. The molecule has 0 saturated carbocycles. The first kappa shape index (κ1) is 10.5. The first-order chi connectivity index (χ1) is 9.24. The minimum atomic E-state index is -0.385. The lowest BCUT2D eigenvalue weighted by atomic mass is 10.1. The third-order valence-corrected chi connectivity index (χ3v) is 3.40. The van der Waals surface area contributed by atoms with Gasteiger partial charge in [0, 0.05) is 10.8 Å². The quantitative estimate of drug-likeness (QED) is 0.399. The Morgan fingerprint density at radius 3 is 2.68 bits per heavy atom. The minimum Gasteiger partial charge on any atom is -0.456 e. The maximum Gasteiger partial charge on any atom is 0.279 e. The van der Waals surface area contributed by atoms with Gasteiger partial charge in [-0.1, -0.05) is 18.2 Å². The van der Waals surface area contributed by atoms with Crippen LogP contribution in [0.4, 0.5) is 5.69 Å². The van der Waals surface area contributed by atoms with E-state index >= 15 is 0 Å². The van der Waals surface area contributed by atoms with Crippen molar-refractivity contribution in [2.75, 3.05) is 6.61 Å². The third-order valence-electron chi connectivity index (χ3n) is 3.40. The molecule has 0 bridgehead atoms. The van der Waals surface area contributed by atoms with Crippen LogP contribution in [0.3, 0.4) is 0 Å². The highest BCUT2D eigenvalue weighted by Gasteiger charge is 2.33. The number of hydrogen-bond donors (Lipinski definition) is 0. The summed E-state index contributed by atoms with van der Waals surface area (Å²) >= 11 is 0. The van der Waals surface area contributed by atoms with E-state index in [0.29, 0.717) is 17.8 Å². The summed E-state index contributed by atoms with van der Waals surface area (Å²) in [4.78, 5) is 10.7. The van der Waals surface area contributed by atoms with Gasteiger partial charge in [0.05, 0.1) is 23.2 Å². The van der Waals surface area contributed by atoms with Crippen molar-refractivity contribution in [3.63, 3.8) is 0 Å². The smallest absolute Gasteiger partial charge is 0.279 e. The summed E-state index contributed by atoms with van der Waals surface area (Å²) < 4.78 is 10.8. The second-order valence-electron chi connectivity index (χ2n) is 4.58. The second-order valence-corrected chi connectivity index (χ2v) is 4.58.